The Bertz CT molecular complexity index is 568. The molecule has 0 atom stereocenters. The van der Waals surface area contributed by atoms with E-state index in [1.54, 1.807) is 0 Å². The maximum Gasteiger partial charge on any atom is 0.433 e. The zero-order valence-electron chi connectivity index (χ0n) is 10.1. The predicted octanol–water partition coefficient (Wildman–Crippen LogP) is 4.85. The summed E-state index contributed by atoms with van der Waals surface area (Å²) in [6.45, 7) is 0. The minimum absolute atomic E-state index is 0.153. The van der Waals surface area contributed by atoms with Crippen LogP contribution in [-0.4, -0.2) is 9.97 Å². The standard InChI is InChI=1S/C6H3ClF3N.C6H4F3N/c7-5-3-1-2-4(11-5)6(8,9)10;7-6(8,9)5-3-1-2-4-10-5/h1-3H;1-4H. The van der Waals surface area contributed by atoms with Crippen molar-refractivity contribution in [2.75, 3.05) is 0 Å². The zero-order valence-corrected chi connectivity index (χ0v) is 10.8. The molecule has 0 N–H and O–H groups in total. The number of alkyl halides is 6. The Labute approximate surface area is 120 Å². The van der Waals surface area contributed by atoms with Crippen molar-refractivity contribution in [1.29, 1.82) is 0 Å². The summed E-state index contributed by atoms with van der Waals surface area (Å²) in [5.74, 6) is 0. The Morgan fingerprint density at radius 1 is 0.762 bits per heavy atom. The van der Waals surface area contributed by atoms with Gasteiger partial charge in [-0.15, -0.1) is 0 Å². The smallest absolute Gasteiger partial charge is 0.252 e. The van der Waals surface area contributed by atoms with Gasteiger partial charge in [0.2, 0.25) is 0 Å². The second-order valence-electron chi connectivity index (χ2n) is 3.56. The molecule has 0 saturated heterocycles. The third kappa shape index (κ3) is 5.99. The van der Waals surface area contributed by atoms with Crippen molar-refractivity contribution < 1.29 is 26.3 Å². The van der Waals surface area contributed by atoms with E-state index in [-0.39, 0.29) is 5.15 Å². The van der Waals surface area contributed by atoms with Crippen molar-refractivity contribution in [2.45, 2.75) is 12.4 Å². The van der Waals surface area contributed by atoms with Crippen molar-refractivity contribution in [1.82, 2.24) is 9.97 Å². The SMILES string of the molecule is FC(F)(F)c1cccc(Cl)n1.FC(F)(F)c1ccccn1. The van der Waals surface area contributed by atoms with Crippen LogP contribution in [0.4, 0.5) is 26.3 Å². The van der Waals surface area contributed by atoms with Crippen LogP contribution in [-0.2, 0) is 12.4 Å². The summed E-state index contributed by atoms with van der Waals surface area (Å²) in [7, 11) is 0. The molecule has 0 bridgehead atoms. The number of hydrogen-bond acceptors (Lipinski definition) is 2. The minimum Gasteiger partial charge on any atom is -0.252 e. The quantitative estimate of drug-likeness (QED) is 0.510. The van der Waals surface area contributed by atoms with Gasteiger partial charge in [-0.25, -0.2) is 4.98 Å². The van der Waals surface area contributed by atoms with Gasteiger partial charge in [0.25, 0.3) is 0 Å². The highest BCUT2D eigenvalue weighted by molar-refractivity contribution is 6.29. The molecule has 0 spiro atoms. The molecule has 2 heterocycles. The lowest BCUT2D eigenvalue weighted by molar-refractivity contribution is -0.141. The molecule has 0 aliphatic carbocycles. The molecule has 2 aromatic rings. The second-order valence-corrected chi connectivity index (χ2v) is 3.94. The van der Waals surface area contributed by atoms with Gasteiger partial charge in [-0.3, -0.25) is 4.98 Å². The molecule has 114 valence electrons. The molecule has 2 aromatic heterocycles. The highest BCUT2D eigenvalue weighted by Gasteiger charge is 2.32. The molecule has 0 aromatic carbocycles. The van der Waals surface area contributed by atoms with Gasteiger partial charge in [0.1, 0.15) is 16.5 Å². The third-order valence-corrected chi connectivity index (χ3v) is 2.17. The number of aromatic nitrogens is 2. The second kappa shape index (κ2) is 6.75. The van der Waals surface area contributed by atoms with Crippen molar-refractivity contribution in [3.05, 3.63) is 59.1 Å². The molecule has 0 fully saturated rings. The van der Waals surface area contributed by atoms with Crippen LogP contribution in [0.15, 0.2) is 42.6 Å². The maximum atomic E-state index is 11.8. The molecule has 0 saturated carbocycles. The fourth-order valence-electron chi connectivity index (χ4n) is 1.10. The minimum atomic E-state index is -4.41. The summed E-state index contributed by atoms with van der Waals surface area (Å²) in [5.41, 5.74) is -1.82. The first-order valence-corrected chi connectivity index (χ1v) is 5.66. The fraction of sp³-hybridized carbons (Fsp3) is 0.167. The van der Waals surface area contributed by atoms with Crippen LogP contribution < -0.4 is 0 Å². The van der Waals surface area contributed by atoms with Gasteiger partial charge >= 0.3 is 12.4 Å². The van der Waals surface area contributed by atoms with E-state index in [9.17, 15) is 26.3 Å². The molecular formula is C12H7ClF6N2. The van der Waals surface area contributed by atoms with Crippen molar-refractivity contribution in [3.63, 3.8) is 0 Å². The van der Waals surface area contributed by atoms with Crippen LogP contribution in [0.25, 0.3) is 0 Å². The molecule has 0 radical (unpaired) electrons. The average Bonchev–Trinajstić information content (AvgIpc) is 2.38. The predicted molar refractivity (Wildman–Crippen MR) is 63.5 cm³/mol. The first-order valence-electron chi connectivity index (χ1n) is 5.28. The lowest BCUT2D eigenvalue weighted by atomic mass is 10.3. The molecule has 9 heteroatoms. The summed E-state index contributed by atoms with van der Waals surface area (Å²) in [5, 5.41) is -0.153. The third-order valence-electron chi connectivity index (χ3n) is 1.96. The van der Waals surface area contributed by atoms with E-state index in [2.05, 4.69) is 9.97 Å². The Morgan fingerprint density at radius 3 is 1.67 bits per heavy atom. The van der Waals surface area contributed by atoms with Crippen LogP contribution in [0.1, 0.15) is 11.4 Å². The highest BCUT2D eigenvalue weighted by atomic mass is 35.5. The van der Waals surface area contributed by atoms with E-state index in [0.717, 1.165) is 18.3 Å². The van der Waals surface area contributed by atoms with E-state index < -0.39 is 23.7 Å². The number of rotatable bonds is 0. The normalized spacial score (nSPS) is 11.6. The van der Waals surface area contributed by atoms with E-state index in [0.29, 0.717) is 0 Å². The Hall–Kier alpha value is -1.83. The van der Waals surface area contributed by atoms with Gasteiger partial charge in [0.05, 0.1) is 0 Å². The number of nitrogens with zero attached hydrogens (tertiary/aromatic N) is 2. The van der Waals surface area contributed by atoms with Gasteiger partial charge in [-0.1, -0.05) is 23.7 Å². The summed E-state index contributed by atoms with van der Waals surface area (Å²) >= 11 is 5.24. The van der Waals surface area contributed by atoms with Crippen LogP contribution in [0.2, 0.25) is 5.15 Å². The molecule has 0 amide bonds. The van der Waals surface area contributed by atoms with Gasteiger partial charge in [0.15, 0.2) is 0 Å². The molecule has 2 nitrogen and oxygen atoms in total. The van der Waals surface area contributed by atoms with E-state index >= 15 is 0 Å². The van der Waals surface area contributed by atoms with Gasteiger partial charge in [-0.05, 0) is 24.3 Å². The maximum absolute atomic E-state index is 11.8. The molecule has 0 aliphatic heterocycles. The summed E-state index contributed by atoms with van der Waals surface area (Å²) < 4.78 is 70.7. The monoisotopic (exact) mass is 328 g/mol. The Kier molecular flexibility index (Phi) is 5.54. The molecule has 2 rings (SSSR count). The van der Waals surface area contributed by atoms with E-state index in [1.165, 1.54) is 24.3 Å². The summed E-state index contributed by atoms with van der Waals surface area (Å²) in [6, 6.07) is 7.03. The largest absolute Gasteiger partial charge is 0.433 e. The summed E-state index contributed by atoms with van der Waals surface area (Å²) in [6.07, 6.45) is -7.62. The highest BCUT2D eigenvalue weighted by Crippen LogP contribution is 2.28. The van der Waals surface area contributed by atoms with Crippen LogP contribution in [0, 0.1) is 0 Å². The van der Waals surface area contributed by atoms with Crippen LogP contribution in [0.3, 0.4) is 0 Å². The average molecular weight is 329 g/mol. The van der Waals surface area contributed by atoms with Gasteiger partial charge < -0.3 is 0 Å². The first kappa shape index (κ1) is 17.2. The topological polar surface area (TPSA) is 25.8 Å². The lowest BCUT2D eigenvalue weighted by Gasteiger charge is -2.03. The van der Waals surface area contributed by atoms with E-state index in [1.807, 2.05) is 0 Å². The van der Waals surface area contributed by atoms with Crippen LogP contribution in [0.5, 0.6) is 0 Å². The molecule has 0 unspecified atom stereocenters. The van der Waals surface area contributed by atoms with Crippen molar-refractivity contribution in [2.24, 2.45) is 0 Å². The molecule has 21 heavy (non-hydrogen) atoms. The van der Waals surface area contributed by atoms with Crippen molar-refractivity contribution in [3.8, 4) is 0 Å². The molecule has 0 aliphatic rings. The van der Waals surface area contributed by atoms with Crippen LogP contribution >= 0.6 is 11.6 Å². The lowest BCUT2D eigenvalue weighted by Crippen LogP contribution is -2.07. The summed E-state index contributed by atoms with van der Waals surface area (Å²) in [4.78, 5) is 6.21. The van der Waals surface area contributed by atoms with Crippen molar-refractivity contribution >= 4 is 11.6 Å². The zero-order chi connectivity index (χ0) is 16.1. The van der Waals surface area contributed by atoms with E-state index in [4.69, 9.17) is 11.6 Å². The number of halogens is 7. The number of hydrogen-bond donors (Lipinski definition) is 0. The number of pyridine rings is 2. The Morgan fingerprint density at radius 2 is 1.33 bits per heavy atom. The van der Waals surface area contributed by atoms with Gasteiger partial charge in [0, 0.05) is 6.20 Å². The fourth-order valence-corrected chi connectivity index (χ4v) is 1.26. The molecular weight excluding hydrogens is 322 g/mol. The van der Waals surface area contributed by atoms with Gasteiger partial charge in [-0.2, -0.15) is 26.3 Å². The Balaban J connectivity index is 0.000000211. The first-order chi connectivity index (χ1) is 9.60.